The molecule has 0 aliphatic carbocycles. The molecule has 168 valence electrons. The maximum absolute atomic E-state index is 12.3. The van der Waals surface area contributed by atoms with Crippen molar-refractivity contribution in [1.82, 2.24) is 15.5 Å². The first kappa shape index (κ1) is 23.0. The quantitative estimate of drug-likeness (QED) is 0.437. The molecule has 2 aromatic rings. The number of benzene rings is 2. The van der Waals surface area contributed by atoms with Crippen molar-refractivity contribution in [2.75, 3.05) is 26.2 Å². The molecule has 32 heavy (non-hydrogen) atoms. The largest absolute Gasteiger partial charge is 0.493 e. The SMILES string of the molecule is Cc1cccc(C)c1OCCCC(=O)NCCNC(=O)CN1C(=O)c2ccccc2C1=O. The average molecular weight is 437 g/mol. The van der Waals surface area contributed by atoms with Gasteiger partial charge in [0.15, 0.2) is 0 Å². The molecular formula is C24H27N3O5. The maximum Gasteiger partial charge on any atom is 0.262 e. The molecule has 0 unspecified atom stereocenters. The predicted octanol–water partition coefficient (Wildman–Crippen LogP) is 1.99. The number of imide groups is 1. The van der Waals surface area contributed by atoms with Crippen LogP contribution < -0.4 is 15.4 Å². The van der Waals surface area contributed by atoms with E-state index in [0.717, 1.165) is 21.8 Å². The van der Waals surface area contributed by atoms with Gasteiger partial charge in [-0.1, -0.05) is 30.3 Å². The van der Waals surface area contributed by atoms with Gasteiger partial charge in [0, 0.05) is 19.5 Å². The van der Waals surface area contributed by atoms with E-state index < -0.39 is 17.7 Å². The summed E-state index contributed by atoms with van der Waals surface area (Å²) in [7, 11) is 0. The summed E-state index contributed by atoms with van der Waals surface area (Å²) in [6, 6.07) is 12.4. The third-order valence-corrected chi connectivity index (χ3v) is 5.15. The standard InChI is InChI=1S/C24H27N3O5/c1-16-7-5-8-17(2)22(16)32-14-6-11-20(28)25-12-13-26-21(29)15-27-23(30)18-9-3-4-10-19(18)24(27)31/h3-5,7-10H,6,11-15H2,1-2H3,(H,25,28)(H,26,29). The Labute approximate surface area is 186 Å². The second kappa shape index (κ2) is 10.6. The Hall–Kier alpha value is -3.68. The van der Waals surface area contributed by atoms with Crippen molar-refractivity contribution in [2.45, 2.75) is 26.7 Å². The molecule has 2 aromatic carbocycles. The topological polar surface area (TPSA) is 105 Å². The molecule has 0 saturated carbocycles. The number of rotatable bonds is 10. The lowest BCUT2D eigenvalue weighted by Gasteiger charge is -2.14. The molecule has 0 aromatic heterocycles. The Morgan fingerprint density at radius 3 is 2.00 bits per heavy atom. The summed E-state index contributed by atoms with van der Waals surface area (Å²) in [5, 5.41) is 5.34. The van der Waals surface area contributed by atoms with Gasteiger partial charge in [-0.05, 0) is 43.5 Å². The molecule has 1 aliphatic heterocycles. The lowest BCUT2D eigenvalue weighted by atomic mass is 10.1. The summed E-state index contributed by atoms with van der Waals surface area (Å²) < 4.78 is 5.78. The van der Waals surface area contributed by atoms with E-state index in [4.69, 9.17) is 4.74 Å². The van der Waals surface area contributed by atoms with Crippen LogP contribution >= 0.6 is 0 Å². The molecule has 0 fully saturated rings. The van der Waals surface area contributed by atoms with E-state index >= 15 is 0 Å². The Kier molecular flexibility index (Phi) is 7.59. The summed E-state index contributed by atoms with van der Waals surface area (Å²) in [6.07, 6.45) is 0.889. The van der Waals surface area contributed by atoms with Crippen LogP contribution in [-0.2, 0) is 9.59 Å². The molecule has 8 heteroatoms. The lowest BCUT2D eigenvalue weighted by molar-refractivity contribution is -0.123. The number of aryl methyl sites for hydroxylation is 2. The lowest BCUT2D eigenvalue weighted by Crippen LogP contribution is -2.42. The smallest absolute Gasteiger partial charge is 0.262 e. The van der Waals surface area contributed by atoms with Gasteiger partial charge in [-0.15, -0.1) is 0 Å². The molecule has 0 bridgehead atoms. The summed E-state index contributed by atoms with van der Waals surface area (Å²) in [5.41, 5.74) is 2.73. The van der Waals surface area contributed by atoms with Gasteiger partial charge in [0.25, 0.3) is 11.8 Å². The van der Waals surface area contributed by atoms with Gasteiger partial charge in [0.1, 0.15) is 12.3 Å². The number of hydrogen-bond donors (Lipinski definition) is 2. The van der Waals surface area contributed by atoms with Crippen molar-refractivity contribution in [2.24, 2.45) is 0 Å². The van der Waals surface area contributed by atoms with E-state index in [1.54, 1.807) is 24.3 Å². The van der Waals surface area contributed by atoms with Crippen LogP contribution in [0.1, 0.15) is 44.7 Å². The van der Waals surface area contributed by atoms with Crippen LogP contribution in [0.2, 0.25) is 0 Å². The number of hydrogen-bond acceptors (Lipinski definition) is 5. The predicted molar refractivity (Wildman–Crippen MR) is 118 cm³/mol. The van der Waals surface area contributed by atoms with Crippen LogP contribution in [0, 0.1) is 13.8 Å². The van der Waals surface area contributed by atoms with Crippen molar-refractivity contribution < 1.29 is 23.9 Å². The van der Waals surface area contributed by atoms with E-state index in [-0.39, 0.29) is 25.5 Å². The second-order valence-corrected chi connectivity index (χ2v) is 7.61. The van der Waals surface area contributed by atoms with E-state index in [1.165, 1.54) is 0 Å². The number of ether oxygens (including phenoxy) is 1. The Morgan fingerprint density at radius 1 is 0.844 bits per heavy atom. The molecule has 8 nitrogen and oxygen atoms in total. The molecule has 1 aliphatic rings. The zero-order valence-corrected chi connectivity index (χ0v) is 18.3. The van der Waals surface area contributed by atoms with Crippen molar-refractivity contribution in [3.8, 4) is 5.75 Å². The van der Waals surface area contributed by atoms with Crippen LogP contribution in [0.5, 0.6) is 5.75 Å². The highest BCUT2D eigenvalue weighted by atomic mass is 16.5. The Balaban J connectivity index is 1.30. The first-order valence-corrected chi connectivity index (χ1v) is 10.6. The second-order valence-electron chi connectivity index (χ2n) is 7.61. The van der Waals surface area contributed by atoms with Crippen molar-refractivity contribution >= 4 is 23.6 Å². The molecule has 3 rings (SSSR count). The van der Waals surface area contributed by atoms with Crippen LogP contribution in [0.15, 0.2) is 42.5 Å². The number of carbonyl (C=O) groups is 4. The van der Waals surface area contributed by atoms with E-state index in [2.05, 4.69) is 10.6 Å². The van der Waals surface area contributed by atoms with Crippen molar-refractivity contribution in [3.05, 3.63) is 64.7 Å². The summed E-state index contributed by atoms with van der Waals surface area (Å²) in [4.78, 5) is 49.5. The van der Waals surface area contributed by atoms with Gasteiger partial charge >= 0.3 is 0 Å². The molecule has 1 heterocycles. The summed E-state index contributed by atoms with van der Waals surface area (Å²) in [6.45, 7) is 4.51. The van der Waals surface area contributed by atoms with E-state index in [1.807, 2.05) is 32.0 Å². The number of carbonyl (C=O) groups excluding carboxylic acids is 4. The highest BCUT2D eigenvalue weighted by Gasteiger charge is 2.36. The number of amides is 4. The van der Waals surface area contributed by atoms with Gasteiger partial charge < -0.3 is 15.4 Å². The first-order chi connectivity index (χ1) is 15.4. The summed E-state index contributed by atoms with van der Waals surface area (Å²) >= 11 is 0. The van der Waals surface area contributed by atoms with Crippen molar-refractivity contribution in [1.29, 1.82) is 0 Å². The normalized spacial score (nSPS) is 12.5. The monoisotopic (exact) mass is 437 g/mol. The minimum absolute atomic E-state index is 0.135. The molecule has 0 atom stereocenters. The van der Waals surface area contributed by atoms with E-state index in [0.29, 0.717) is 30.6 Å². The molecule has 0 radical (unpaired) electrons. The number of fused-ring (bicyclic) bond motifs is 1. The number of nitrogens with one attached hydrogen (secondary N) is 2. The fourth-order valence-electron chi connectivity index (χ4n) is 3.51. The molecule has 2 N–H and O–H groups in total. The van der Waals surface area contributed by atoms with Crippen LogP contribution in [0.25, 0.3) is 0 Å². The van der Waals surface area contributed by atoms with Gasteiger partial charge in [0.05, 0.1) is 17.7 Å². The zero-order valence-electron chi connectivity index (χ0n) is 18.3. The Morgan fingerprint density at radius 2 is 1.41 bits per heavy atom. The minimum Gasteiger partial charge on any atom is -0.493 e. The summed E-state index contributed by atoms with van der Waals surface area (Å²) in [5.74, 6) is -0.691. The van der Waals surface area contributed by atoms with Crippen LogP contribution in [0.3, 0.4) is 0 Å². The fraction of sp³-hybridized carbons (Fsp3) is 0.333. The van der Waals surface area contributed by atoms with E-state index in [9.17, 15) is 19.2 Å². The first-order valence-electron chi connectivity index (χ1n) is 10.6. The molecule has 0 spiro atoms. The number of para-hydroxylation sites is 1. The molecular weight excluding hydrogens is 410 g/mol. The van der Waals surface area contributed by atoms with Gasteiger partial charge in [0.2, 0.25) is 11.8 Å². The van der Waals surface area contributed by atoms with Crippen LogP contribution in [0.4, 0.5) is 0 Å². The van der Waals surface area contributed by atoms with Crippen molar-refractivity contribution in [3.63, 3.8) is 0 Å². The highest BCUT2D eigenvalue weighted by molar-refractivity contribution is 6.22. The molecule has 4 amide bonds. The van der Waals surface area contributed by atoms with Gasteiger partial charge in [-0.3, -0.25) is 24.1 Å². The third-order valence-electron chi connectivity index (χ3n) is 5.15. The Bertz CT molecular complexity index is 979. The number of nitrogens with zero attached hydrogens (tertiary/aromatic N) is 1. The fourth-order valence-corrected chi connectivity index (χ4v) is 3.51. The van der Waals surface area contributed by atoms with Crippen LogP contribution in [-0.4, -0.2) is 54.8 Å². The third kappa shape index (κ3) is 5.51. The highest BCUT2D eigenvalue weighted by Crippen LogP contribution is 2.23. The average Bonchev–Trinajstić information content (AvgIpc) is 3.01. The van der Waals surface area contributed by atoms with Gasteiger partial charge in [-0.25, -0.2) is 0 Å². The van der Waals surface area contributed by atoms with Gasteiger partial charge in [-0.2, -0.15) is 0 Å². The molecule has 0 saturated heterocycles. The maximum atomic E-state index is 12.3. The minimum atomic E-state index is -0.475. The zero-order chi connectivity index (χ0) is 23.1.